The zero-order valence-electron chi connectivity index (χ0n) is 18.9. The number of carbonyl (C=O) groups is 1. The van der Waals surface area contributed by atoms with Gasteiger partial charge in [0, 0.05) is 24.9 Å². The second kappa shape index (κ2) is 7.16. The lowest BCUT2D eigenvalue weighted by Gasteiger charge is -2.22. The van der Waals surface area contributed by atoms with Crippen molar-refractivity contribution in [3.63, 3.8) is 0 Å². The molecule has 0 saturated carbocycles. The Morgan fingerprint density at radius 1 is 0.844 bits per heavy atom. The molecule has 3 aromatic carbocycles. The van der Waals surface area contributed by atoms with Crippen LogP contribution in [-0.4, -0.2) is 34.3 Å². The fraction of sp³-hybridized carbons (Fsp3) is 0.222. The number of fused-ring (bicyclic) bond motifs is 4. The van der Waals surface area contributed by atoms with Crippen molar-refractivity contribution in [3.8, 4) is 17.2 Å². The van der Waals surface area contributed by atoms with Crippen LogP contribution in [0, 0.1) is 6.92 Å². The van der Waals surface area contributed by atoms with Crippen LogP contribution in [0.15, 0.2) is 60.7 Å². The van der Waals surface area contributed by atoms with Gasteiger partial charge in [-0.05, 0) is 35.3 Å². The number of aryl methyl sites for hydroxylation is 1. The smallest absolute Gasteiger partial charge is 0.245 e. The van der Waals surface area contributed by atoms with Gasteiger partial charge in [0.25, 0.3) is 0 Å². The molecule has 1 heterocycles. The lowest BCUT2D eigenvalue weighted by Crippen LogP contribution is -2.37. The Balaban J connectivity index is 1.86. The minimum Gasteiger partial charge on any atom is -0.496 e. The first-order valence-corrected chi connectivity index (χ1v) is 10.5. The number of ether oxygens (including phenoxy) is 3. The third-order valence-corrected chi connectivity index (χ3v) is 6.57. The molecule has 3 aromatic rings. The van der Waals surface area contributed by atoms with Crippen LogP contribution in [0.2, 0.25) is 0 Å². The van der Waals surface area contributed by atoms with Gasteiger partial charge in [0.15, 0.2) is 0 Å². The molecule has 1 amide bonds. The Kier molecular flexibility index (Phi) is 4.52. The van der Waals surface area contributed by atoms with E-state index >= 15 is 0 Å². The van der Waals surface area contributed by atoms with Gasteiger partial charge in [-0.15, -0.1) is 0 Å². The first-order valence-electron chi connectivity index (χ1n) is 10.5. The van der Waals surface area contributed by atoms with Gasteiger partial charge in [-0.2, -0.15) is 0 Å². The number of methoxy groups -OCH3 is 3. The largest absolute Gasteiger partial charge is 0.496 e. The van der Waals surface area contributed by atoms with Crippen molar-refractivity contribution in [2.45, 2.75) is 12.3 Å². The Bertz CT molecular complexity index is 1270. The van der Waals surface area contributed by atoms with Crippen LogP contribution in [0.4, 0.5) is 5.69 Å². The first-order chi connectivity index (χ1) is 15.5. The molecule has 1 spiro atoms. The van der Waals surface area contributed by atoms with E-state index in [0.29, 0.717) is 17.2 Å². The highest BCUT2D eigenvalue weighted by Gasteiger charge is 2.54. The van der Waals surface area contributed by atoms with E-state index in [1.807, 2.05) is 49.5 Å². The number of nitrogens with zero attached hydrogens (tertiary/aromatic N) is 1. The van der Waals surface area contributed by atoms with Crippen LogP contribution in [-0.2, 0) is 10.2 Å². The quantitative estimate of drug-likeness (QED) is 0.604. The zero-order chi connectivity index (χ0) is 22.6. The Labute approximate surface area is 187 Å². The molecular weight excluding hydrogens is 402 g/mol. The molecule has 1 aliphatic heterocycles. The SMILES string of the molecule is COc1cc(OC)c(C2=CC3(C(=O)N(C)c4ccc(C)cc43)c3ccccc32)c(OC)c1. The van der Waals surface area contributed by atoms with E-state index in [1.54, 1.807) is 26.2 Å². The Morgan fingerprint density at radius 3 is 2.19 bits per heavy atom. The van der Waals surface area contributed by atoms with Gasteiger partial charge < -0.3 is 19.1 Å². The van der Waals surface area contributed by atoms with Crippen LogP contribution < -0.4 is 19.1 Å². The average Bonchev–Trinajstić information content (AvgIpc) is 3.27. The topological polar surface area (TPSA) is 48.0 Å². The predicted molar refractivity (Wildman–Crippen MR) is 125 cm³/mol. The maximum absolute atomic E-state index is 13.8. The highest BCUT2D eigenvalue weighted by Crippen LogP contribution is 2.56. The Morgan fingerprint density at radius 2 is 1.53 bits per heavy atom. The lowest BCUT2D eigenvalue weighted by atomic mass is 9.77. The number of carbonyl (C=O) groups excluding carboxylic acids is 1. The van der Waals surface area contributed by atoms with E-state index in [4.69, 9.17) is 14.2 Å². The zero-order valence-corrected chi connectivity index (χ0v) is 18.9. The lowest BCUT2D eigenvalue weighted by molar-refractivity contribution is -0.120. The maximum Gasteiger partial charge on any atom is 0.245 e. The van der Waals surface area contributed by atoms with E-state index in [1.165, 1.54) is 0 Å². The van der Waals surface area contributed by atoms with Crippen LogP contribution >= 0.6 is 0 Å². The van der Waals surface area contributed by atoms with Gasteiger partial charge in [-0.25, -0.2) is 0 Å². The summed E-state index contributed by atoms with van der Waals surface area (Å²) in [5.41, 5.74) is 5.83. The van der Waals surface area contributed by atoms with Crippen LogP contribution in [0.5, 0.6) is 17.2 Å². The molecule has 1 unspecified atom stereocenters. The molecule has 162 valence electrons. The third kappa shape index (κ3) is 2.54. The minimum atomic E-state index is -0.891. The molecule has 0 radical (unpaired) electrons. The van der Waals surface area contributed by atoms with Gasteiger partial charge in [0.2, 0.25) is 5.91 Å². The van der Waals surface area contributed by atoms with Gasteiger partial charge in [-0.3, -0.25) is 4.79 Å². The second-order valence-corrected chi connectivity index (χ2v) is 8.20. The summed E-state index contributed by atoms with van der Waals surface area (Å²) in [5, 5.41) is 0. The van der Waals surface area contributed by atoms with Crippen molar-refractivity contribution < 1.29 is 19.0 Å². The average molecular weight is 428 g/mol. The second-order valence-electron chi connectivity index (χ2n) is 8.20. The monoisotopic (exact) mass is 427 g/mol. The molecule has 5 nitrogen and oxygen atoms in total. The molecule has 0 N–H and O–H groups in total. The summed E-state index contributed by atoms with van der Waals surface area (Å²) in [4.78, 5) is 15.6. The number of rotatable bonds is 4. The van der Waals surface area contributed by atoms with Crippen LogP contribution in [0.25, 0.3) is 5.57 Å². The molecule has 2 aliphatic rings. The molecule has 32 heavy (non-hydrogen) atoms. The van der Waals surface area contributed by atoms with E-state index in [-0.39, 0.29) is 5.91 Å². The van der Waals surface area contributed by atoms with Crippen molar-refractivity contribution in [2.75, 3.05) is 33.3 Å². The summed E-state index contributed by atoms with van der Waals surface area (Å²) in [6.45, 7) is 2.05. The van der Waals surface area contributed by atoms with E-state index < -0.39 is 5.41 Å². The number of hydrogen-bond acceptors (Lipinski definition) is 4. The molecule has 0 fully saturated rings. The third-order valence-electron chi connectivity index (χ3n) is 6.57. The fourth-order valence-corrected chi connectivity index (χ4v) is 5.06. The predicted octanol–water partition coefficient (Wildman–Crippen LogP) is 4.73. The first kappa shape index (κ1) is 20.2. The Hall–Kier alpha value is -3.73. The van der Waals surface area contributed by atoms with Gasteiger partial charge in [0.05, 0.1) is 26.9 Å². The van der Waals surface area contributed by atoms with Crippen LogP contribution in [0.3, 0.4) is 0 Å². The standard InChI is InChI=1S/C27H25NO4/c1-16-10-11-22-21(12-16)27(26(29)28(22)2)15-19(18-8-6-7-9-20(18)27)25-23(31-4)13-17(30-3)14-24(25)32-5/h6-15H,1-5H3. The molecular formula is C27H25NO4. The summed E-state index contributed by atoms with van der Waals surface area (Å²) in [7, 11) is 6.71. The number of benzene rings is 3. The molecule has 5 heteroatoms. The van der Waals surface area contributed by atoms with Crippen LogP contribution in [0.1, 0.15) is 27.8 Å². The number of hydrogen-bond donors (Lipinski definition) is 0. The summed E-state index contributed by atoms with van der Waals surface area (Å²) in [6.07, 6.45) is 2.08. The van der Waals surface area contributed by atoms with Crippen molar-refractivity contribution in [3.05, 3.63) is 88.5 Å². The maximum atomic E-state index is 13.8. The van der Waals surface area contributed by atoms with Crippen molar-refractivity contribution >= 4 is 17.2 Å². The molecule has 0 aromatic heterocycles. The normalized spacial score (nSPS) is 18.5. The molecule has 5 rings (SSSR count). The highest BCUT2D eigenvalue weighted by molar-refractivity contribution is 6.16. The van der Waals surface area contributed by atoms with Crippen molar-refractivity contribution in [1.82, 2.24) is 0 Å². The minimum absolute atomic E-state index is 0.0343. The van der Waals surface area contributed by atoms with E-state index in [2.05, 4.69) is 25.1 Å². The molecule has 0 saturated heterocycles. The summed E-state index contributed by atoms with van der Waals surface area (Å²) in [6, 6.07) is 18.0. The van der Waals surface area contributed by atoms with Crippen molar-refractivity contribution in [2.24, 2.45) is 0 Å². The molecule has 1 atom stereocenters. The summed E-state index contributed by atoms with van der Waals surface area (Å²) >= 11 is 0. The molecule has 0 bridgehead atoms. The van der Waals surface area contributed by atoms with Gasteiger partial charge in [-0.1, -0.05) is 48.0 Å². The summed E-state index contributed by atoms with van der Waals surface area (Å²) in [5.74, 6) is 1.93. The number of likely N-dealkylation sites (N-methyl/N-ethyl adjacent to an activating group) is 1. The van der Waals surface area contributed by atoms with Crippen molar-refractivity contribution in [1.29, 1.82) is 0 Å². The van der Waals surface area contributed by atoms with Gasteiger partial charge in [0.1, 0.15) is 22.7 Å². The number of anilines is 1. The van der Waals surface area contributed by atoms with E-state index in [9.17, 15) is 4.79 Å². The summed E-state index contributed by atoms with van der Waals surface area (Å²) < 4.78 is 16.9. The van der Waals surface area contributed by atoms with E-state index in [0.717, 1.165) is 39.1 Å². The number of amides is 1. The van der Waals surface area contributed by atoms with Gasteiger partial charge >= 0.3 is 0 Å². The highest BCUT2D eigenvalue weighted by atomic mass is 16.5. The molecule has 1 aliphatic carbocycles. The fourth-order valence-electron chi connectivity index (χ4n) is 5.06.